The van der Waals surface area contributed by atoms with Gasteiger partial charge in [-0.15, -0.1) is 0 Å². The summed E-state index contributed by atoms with van der Waals surface area (Å²) in [6.45, 7) is 4.65. The Morgan fingerprint density at radius 2 is 0.750 bits per heavy atom. The lowest BCUT2D eigenvalue weighted by Gasteiger charge is -2.17. The molecule has 1 aliphatic carbocycles. The minimum absolute atomic E-state index is 1.14. The number of rotatable bonds is 14. The number of hydrogen-bond donors (Lipinski definition) is 0. The predicted octanol–water partition coefficient (Wildman–Crippen LogP) is 17.2. The maximum atomic E-state index is 2.67. The summed E-state index contributed by atoms with van der Waals surface area (Å²) < 4.78 is 0. The van der Waals surface area contributed by atoms with Gasteiger partial charge in [0.2, 0.25) is 0 Å². The number of aryl methyl sites for hydroxylation is 2. The van der Waals surface area contributed by atoms with Crippen molar-refractivity contribution in [3.63, 3.8) is 0 Å². The molecule has 0 heterocycles. The molecule has 0 fully saturated rings. The van der Waals surface area contributed by atoms with Gasteiger partial charge in [0, 0.05) is 0 Å². The van der Waals surface area contributed by atoms with Gasteiger partial charge in [-0.05, 0) is 170 Å². The maximum Gasteiger partial charge on any atom is -0.00139 e. The molecule has 11 rings (SSSR count). The topological polar surface area (TPSA) is 0 Å². The summed E-state index contributed by atoms with van der Waals surface area (Å²) in [4.78, 5) is 0. The highest BCUT2D eigenvalue weighted by atomic mass is 14.3. The molecular formula is C56H52. The normalized spacial score (nSPS) is 12.8. The van der Waals surface area contributed by atoms with E-state index in [0.29, 0.717) is 0 Å². The molecule has 0 saturated heterocycles. The Bertz CT molecular complexity index is 2900. The highest BCUT2D eigenvalue weighted by Gasteiger charge is 2.27. The van der Waals surface area contributed by atoms with E-state index in [1.807, 2.05) is 0 Å². The second-order valence-electron chi connectivity index (χ2n) is 17.2. The van der Waals surface area contributed by atoms with Crippen molar-refractivity contribution in [2.45, 2.75) is 104 Å². The molecular weight excluding hydrogens is 673 g/mol. The van der Waals surface area contributed by atoms with E-state index in [-0.39, 0.29) is 0 Å². The molecule has 0 atom stereocenters. The fraction of sp³-hybridized carbons (Fsp3) is 0.286. The van der Waals surface area contributed by atoms with E-state index in [2.05, 4.69) is 123 Å². The Morgan fingerprint density at radius 1 is 0.286 bits per heavy atom. The maximum absolute atomic E-state index is 2.67. The van der Waals surface area contributed by atoms with Crippen LogP contribution in [0, 0.1) is 0 Å². The smallest absolute Gasteiger partial charge is 0.00139 e. The van der Waals surface area contributed by atoms with Crippen LogP contribution >= 0.6 is 0 Å². The lowest BCUT2D eigenvalue weighted by atomic mass is 9.87. The van der Waals surface area contributed by atoms with Gasteiger partial charge < -0.3 is 0 Å². The third kappa shape index (κ3) is 5.10. The second-order valence-corrected chi connectivity index (χ2v) is 17.2. The largest absolute Gasteiger partial charge is 0.0654 e. The van der Waals surface area contributed by atoms with E-state index in [9.17, 15) is 0 Å². The Hall–Kier alpha value is -5.20. The molecule has 56 heavy (non-hydrogen) atoms. The summed E-state index contributed by atoms with van der Waals surface area (Å²) in [5.41, 5.74) is 8.75. The first-order valence-electron chi connectivity index (χ1n) is 22.1. The van der Waals surface area contributed by atoms with Crippen LogP contribution in [0.2, 0.25) is 0 Å². The van der Waals surface area contributed by atoms with Crippen LogP contribution in [0.15, 0.2) is 109 Å². The molecule has 0 spiro atoms. The molecule has 0 aromatic heterocycles. The zero-order valence-electron chi connectivity index (χ0n) is 33.3. The van der Waals surface area contributed by atoms with Crippen molar-refractivity contribution in [2.24, 2.45) is 0 Å². The van der Waals surface area contributed by atoms with E-state index in [1.165, 1.54) is 175 Å². The molecule has 276 valence electrons. The van der Waals surface area contributed by atoms with Crippen LogP contribution in [-0.2, 0) is 12.8 Å². The van der Waals surface area contributed by atoms with Gasteiger partial charge in [0.1, 0.15) is 0 Å². The van der Waals surface area contributed by atoms with E-state index in [4.69, 9.17) is 0 Å². The molecule has 0 radical (unpaired) electrons. The first-order valence-corrected chi connectivity index (χ1v) is 22.1. The minimum atomic E-state index is 1.14. The highest BCUT2D eigenvalue weighted by Crippen LogP contribution is 2.54. The van der Waals surface area contributed by atoms with E-state index in [1.54, 1.807) is 21.9 Å². The number of hydrogen-bond acceptors (Lipinski definition) is 0. The molecule has 0 unspecified atom stereocenters. The van der Waals surface area contributed by atoms with Gasteiger partial charge in [0.05, 0.1) is 0 Å². The van der Waals surface area contributed by atoms with Crippen LogP contribution in [0.25, 0.3) is 108 Å². The van der Waals surface area contributed by atoms with Gasteiger partial charge in [-0.3, -0.25) is 0 Å². The summed E-state index contributed by atoms with van der Waals surface area (Å²) in [6.07, 6.45) is 18.1. The molecule has 10 aromatic carbocycles. The van der Waals surface area contributed by atoms with E-state index >= 15 is 0 Å². The molecule has 0 saturated carbocycles. The Balaban J connectivity index is 1.18. The second kappa shape index (κ2) is 13.8. The number of benzene rings is 8. The molecule has 0 heteroatoms. The fourth-order valence-corrected chi connectivity index (χ4v) is 11.2. The minimum Gasteiger partial charge on any atom is -0.0654 e. The Labute approximate surface area is 331 Å². The summed E-state index contributed by atoms with van der Waals surface area (Å²) in [7, 11) is 0. The van der Waals surface area contributed by atoms with Crippen LogP contribution in [0.3, 0.4) is 0 Å². The lowest BCUT2D eigenvalue weighted by Crippen LogP contribution is -1.97. The van der Waals surface area contributed by atoms with Crippen molar-refractivity contribution in [1.82, 2.24) is 0 Å². The average Bonchev–Trinajstić information content (AvgIpc) is 3.85. The van der Waals surface area contributed by atoms with Gasteiger partial charge in [-0.1, -0.05) is 163 Å². The molecule has 0 bridgehead atoms. The molecule has 0 amide bonds. The molecule has 0 nitrogen and oxygen atoms in total. The highest BCUT2D eigenvalue weighted by molar-refractivity contribution is 6.39. The van der Waals surface area contributed by atoms with Gasteiger partial charge in [-0.25, -0.2) is 0 Å². The molecule has 0 N–H and O–H groups in total. The van der Waals surface area contributed by atoms with E-state index < -0.39 is 0 Å². The lowest BCUT2D eigenvalue weighted by molar-refractivity contribution is 0.608. The van der Waals surface area contributed by atoms with Crippen molar-refractivity contribution >= 4 is 86.2 Å². The molecule has 1 aliphatic rings. The monoisotopic (exact) mass is 724 g/mol. The van der Waals surface area contributed by atoms with Crippen LogP contribution in [0.5, 0.6) is 0 Å². The standard InChI is InChI=1S/C56H52/c1-3-5-7-9-11-13-23-38-48-33-50-42-29-27-40-46-31-36-19-15-16-20-37(36)32-47(46)41-28-30-43(54(42)53(40)41)51(50)34-49(48)39(24-14-12-10-8-6-4-2)56-45-26-18-22-35-21-17-25-44(52(35)45)55(38)56/h15-22,25-34H,3-14,23-24H2,1-2H3. The fourth-order valence-electron chi connectivity index (χ4n) is 11.2. The van der Waals surface area contributed by atoms with Gasteiger partial charge >= 0.3 is 0 Å². The summed E-state index contributed by atoms with van der Waals surface area (Å²) in [6, 6.07) is 43.0. The number of fused-ring (bicyclic) bond motifs is 11. The molecule has 10 aromatic rings. The Morgan fingerprint density at radius 3 is 1.25 bits per heavy atom. The number of unbranched alkanes of at least 4 members (excludes halogenated alkanes) is 10. The quantitative estimate of drug-likeness (QED) is 0.0980. The third-order valence-corrected chi connectivity index (χ3v) is 13.9. The molecule has 0 aliphatic heterocycles. The average molecular weight is 725 g/mol. The van der Waals surface area contributed by atoms with Crippen LogP contribution in [0.4, 0.5) is 0 Å². The van der Waals surface area contributed by atoms with Crippen molar-refractivity contribution in [2.75, 3.05) is 0 Å². The first-order chi connectivity index (χ1) is 27.7. The van der Waals surface area contributed by atoms with Gasteiger partial charge in [0.25, 0.3) is 0 Å². The van der Waals surface area contributed by atoms with Crippen molar-refractivity contribution < 1.29 is 0 Å². The van der Waals surface area contributed by atoms with E-state index in [0.717, 1.165) is 12.8 Å². The predicted molar refractivity (Wildman–Crippen MR) is 247 cm³/mol. The van der Waals surface area contributed by atoms with Crippen molar-refractivity contribution in [3.8, 4) is 22.3 Å². The SMILES string of the molecule is CCCCCCCCc1c2cc3c(cc2c(CCCCCCCC)c2c4cccc5cccc(c12)c54)c1ccc2c4c(ccc3c41)-c1cc3ccccc3cc1-2. The zero-order valence-corrected chi connectivity index (χ0v) is 33.3. The van der Waals surface area contributed by atoms with Crippen molar-refractivity contribution in [3.05, 3.63) is 120 Å². The van der Waals surface area contributed by atoms with Gasteiger partial charge in [-0.2, -0.15) is 0 Å². The summed E-state index contributed by atoms with van der Waals surface area (Å²) in [5, 5.41) is 23.2. The zero-order chi connectivity index (χ0) is 37.3. The van der Waals surface area contributed by atoms with Crippen LogP contribution < -0.4 is 0 Å². The Kier molecular flexibility index (Phi) is 8.38. The first kappa shape index (κ1) is 34.1. The van der Waals surface area contributed by atoms with Crippen molar-refractivity contribution in [1.29, 1.82) is 0 Å². The summed E-state index contributed by atoms with van der Waals surface area (Å²) >= 11 is 0. The van der Waals surface area contributed by atoms with Gasteiger partial charge in [0.15, 0.2) is 0 Å². The van der Waals surface area contributed by atoms with Crippen LogP contribution in [0.1, 0.15) is 102 Å². The third-order valence-electron chi connectivity index (χ3n) is 13.9. The summed E-state index contributed by atoms with van der Waals surface area (Å²) in [5.74, 6) is 0. The van der Waals surface area contributed by atoms with Crippen LogP contribution in [-0.4, -0.2) is 0 Å².